The minimum atomic E-state index is -4.92. The van der Waals surface area contributed by atoms with E-state index in [0.29, 0.717) is 5.56 Å². The summed E-state index contributed by atoms with van der Waals surface area (Å²) in [5.74, 6) is -1.30. The van der Waals surface area contributed by atoms with Crippen molar-refractivity contribution >= 4 is 32.9 Å². The summed E-state index contributed by atoms with van der Waals surface area (Å²) in [6.07, 6.45) is -4.92. The van der Waals surface area contributed by atoms with Gasteiger partial charge < -0.3 is 5.32 Å². The van der Waals surface area contributed by atoms with Crippen molar-refractivity contribution in [3.8, 4) is 0 Å². The van der Waals surface area contributed by atoms with Gasteiger partial charge in [0, 0.05) is 23.5 Å². The predicted molar refractivity (Wildman–Crippen MR) is 105 cm³/mol. The third-order valence-corrected chi connectivity index (χ3v) is 5.99. The molecule has 1 aliphatic heterocycles. The second-order valence-corrected chi connectivity index (χ2v) is 8.46. The molecule has 2 aromatic carbocycles. The second kappa shape index (κ2) is 7.65. The number of carbonyl (C=O) groups is 1. The first-order chi connectivity index (χ1) is 13.9. The Hall–Kier alpha value is -3.05. The molecule has 1 heterocycles. The monoisotopic (exact) mass is 441 g/mol. The lowest BCUT2D eigenvalue weighted by Crippen LogP contribution is -2.32. The van der Waals surface area contributed by atoms with Crippen molar-refractivity contribution in [1.29, 1.82) is 0 Å². The van der Waals surface area contributed by atoms with E-state index in [4.69, 9.17) is 5.21 Å². The molecule has 1 aliphatic rings. The van der Waals surface area contributed by atoms with E-state index in [1.165, 1.54) is 30.6 Å². The summed E-state index contributed by atoms with van der Waals surface area (Å²) >= 11 is 0. The van der Waals surface area contributed by atoms with E-state index in [2.05, 4.69) is 10.0 Å². The highest BCUT2D eigenvalue weighted by Crippen LogP contribution is 2.44. The van der Waals surface area contributed by atoms with E-state index in [-0.39, 0.29) is 16.3 Å². The van der Waals surface area contributed by atoms with E-state index in [1.807, 2.05) is 0 Å². The molecule has 0 aliphatic carbocycles. The van der Waals surface area contributed by atoms with Crippen LogP contribution in [0.5, 0.6) is 0 Å². The molecular formula is C19H18F3N3O4S. The Labute approximate surface area is 170 Å². The molecule has 11 heteroatoms. The van der Waals surface area contributed by atoms with Crippen LogP contribution in [-0.2, 0) is 14.8 Å². The Morgan fingerprint density at radius 2 is 1.77 bits per heavy atom. The molecule has 0 unspecified atom stereocenters. The molecule has 0 aromatic heterocycles. The van der Waals surface area contributed by atoms with Gasteiger partial charge in [0.25, 0.3) is 15.9 Å². The van der Waals surface area contributed by atoms with Crippen LogP contribution in [-0.4, -0.2) is 32.3 Å². The first kappa shape index (κ1) is 21.7. The average Bonchev–Trinajstić information content (AvgIpc) is 2.65. The maximum absolute atomic E-state index is 13.8. The first-order valence-corrected chi connectivity index (χ1v) is 10.2. The van der Waals surface area contributed by atoms with Crippen molar-refractivity contribution in [2.24, 2.45) is 0 Å². The van der Waals surface area contributed by atoms with Crippen molar-refractivity contribution in [2.75, 3.05) is 16.6 Å². The predicted octanol–water partition coefficient (Wildman–Crippen LogP) is 3.35. The SMILES string of the molecule is Cc1ccc(S(=O)(=O)Nc2cc(C)c3c(c2)C(C(F)(F)F)=C(C(=O)NO)CN3)cc1. The van der Waals surface area contributed by atoms with Crippen LogP contribution in [0, 0.1) is 13.8 Å². The van der Waals surface area contributed by atoms with Gasteiger partial charge in [-0.25, -0.2) is 13.9 Å². The van der Waals surface area contributed by atoms with E-state index in [9.17, 15) is 26.4 Å². The lowest BCUT2D eigenvalue weighted by molar-refractivity contribution is -0.125. The van der Waals surface area contributed by atoms with Gasteiger partial charge in [-0.3, -0.25) is 14.7 Å². The van der Waals surface area contributed by atoms with Gasteiger partial charge in [-0.2, -0.15) is 13.2 Å². The van der Waals surface area contributed by atoms with Crippen molar-refractivity contribution in [3.05, 3.63) is 58.7 Å². The molecule has 4 N–H and O–H groups in total. The molecule has 0 fully saturated rings. The Kier molecular flexibility index (Phi) is 5.52. The number of benzene rings is 2. The van der Waals surface area contributed by atoms with Crippen LogP contribution >= 0.6 is 0 Å². The molecule has 0 spiro atoms. The third-order valence-electron chi connectivity index (χ3n) is 4.59. The van der Waals surface area contributed by atoms with Gasteiger partial charge in [-0.15, -0.1) is 0 Å². The zero-order chi connectivity index (χ0) is 22.3. The Morgan fingerprint density at radius 1 is 1.13 bits per heavy atom. The number of nitrogens with one attached hydrogen (secondary N) is 3. The Balaban J connectivity index is 2.12. The fraction of sp³-hybridized carbons (Fsp3) is 0.211. The van der Waals surface area contributed by atoms with Crippen molar-refractivity contribution in [3.63, 3.8) is 0 Å². The molecule has 160 valence electrons. The number of rotatable bonds is 4. The van der Waals surface area contributed by atoms with E-state index < -0.39 is 45.4 Å². The molecule has 0 atom stereocenters. The molecule has 7 nitrogen and oxygen atoms in total. The number of alkyl halides is 3. The van der Waals surface area contributed by atoms with Crippen LogP contribution in [0.2, 0.25) is 0 Å². The maximum Gasteiger partial charge on any atom is 0.417 e. The van der Waals surface area contributed by atoms with Gasteiger partial charge in [-0.05, 0) is 43.7 Å². The molecule has 0 saturated heterocycles. The van der Waals surface area contributed by atoms with Gasteiger partial charge >= 0.3 is 6.18 Å². The van der Waals surface area contributed by atoms with Crippen molar-refractivity contribution in [1.82, 2.24) is 5.48 Å². The van der Waals surface area contributed by atoms with Crippen molar-refractivity contribution in [2.45, 2.75) is 24.9 Å². The van der Waals surface area contributed by atoms with Gasteiger partial charge in [0.2, 0.25) is 0 Å². The number of aryl methyl sites for hydroxylation is 2. The molecule has 30 heavy (non-hydrogen) atoms. The van der Waals surface area contributed by atoms with Crippen LogP contribution in [0.25, 0.3) is 5.57 Å². The lowest BCUT2D eigenvalue weighted by atomic mass is 9.91. The van der Waals surface area contributed by atoms with Crippen LogP contribution in [0.4, 0.5) is 24.5 Å². The average molecular weight is 441 g/mol. The molecule has 0 radical (unpaired) electrons. The number of hydroxylamine groups is 1. The number of halogens is 3. The molecule has 1 amide bonds. The minimum Gasteiger partial charge on any atom is -0.380 e. The van der Waals surface area contributed by atoms with Gasteiger partial charge in [0.05, 0.1) is 16.0 Å². The largest absolute Gasteiger partial charge is 0.417 e. The standard InChI is InChI=1S/C19H18F3N3O4S/c1-10-3-5-13(6-4-10)30(28,29)25-12-7-11(2)17-14(8-12)16(19(20,21)22)15(9-23-17)18(26)24-27/h3-8,23,25,27H,9H2,1-2H3,(H,24,26). The summed E-state index contributed by atoms with van der Waals surface area (Å²) < 4.78 is 68.9. The number of amides is 1. The number of allylic oxidation sites excluding steroid dienone is 1. The summed E-state index contributed by atoms with van der Waals surface area (Å²) in [6.45, 7) is 2.85. The van der Waals surface area contributed by atoms with E-state index in [0.717, 1.165) is 11.6 Å². The molecule has 3 rings (SSSR count). The zero-order valence-corrected chi connectivity index (χ0v) is 16.7. The Bertz CT molecular complexity index is 1140. The highest BCUT2D eigenvalue weighted by Gasteiger charge is 2.42. The smallest absolute Gasteiger partial charge is 0.380 e. The molecule has 0 bridgehead atoms. The zero-order valence-electron chi connectivity index (χ0n) is 15.9. The van der Waals surface area contributed by atoms with Crippen LogP contribution in [0.1, 0.15) is 16.7 Å². The maximum atomic E-state index is 13.8. The van der Waals surface area contributed by atoms with E-state index >= 15 is 0 Å². The topological polar surface area (TPSA) is 108 Å². The lowest BCUT2D eigenvalue weighted by Gasteiger charge is -2.27. The van der Waals surface area contributed by atoms with E-state index in [1.54, 1.807) is 19.1 Å². The summed E-state index contributed by atoms with van der Waals surface area (Å²) in [7, 11) is -4.05. The van der Waals surface area contributed by atoms with Gasteiger partial charge in [0.1, 0.15) is 0 Å². The number of carbonyl (C=O) groups excluding carboxylic acids is 1. The van der Waals surface area contributed by atoms with Gasteiger partial charge in [0.15, 0.2) is 0 Å². The number of anilines is 2. The minimum absolute atomic E-state index is 0.0477. The normalized spacial score (nSPS) is 14.1. The summed E-state index contributed by atoms with van der Waals surface area (Å²) in [4.78, 5) is 11.7. The molecular weight excluding hydrogens is 423 g/mol. The number of fused-ring (bicyclic) bond motifs is 1. The van der Waals surface area contributed by atoms with Crippen LogP contribution in [0.15, 0.2) is 46.9 Å². The summed E-state index contributed by atoms with van der Waals surface area (Å²) in [5.41, 5.74) is 0.0752. The number of sulfonamides is 1. The highest BCUT2D eigenvalue weighted by atomic mass is 32.2. The van der Waals surface area contributed by atoms with Crippen LogP contribution in [0.3, 0.4) is 0 Å². The summed E-state index contributed by atoms with van der Waals surface area (Å²) in [5, 5.41) is 11.5. The quantitative estimate of drug-likeness (QED) is 0.430. The highest BCUT2D eigenvalue weighted by molar-refractivity contribution is 7.92. The fourth-order valence-electron chi connectivity index (χ4n) is 3.22. The van der Waals surface area contributed by atoms with Gasteiger partial charge in [-0.1, -0.05) is 17.7 Å². The number of hydrogen-bond acceptors (Lipinski definition) is 5. The molecule has 2 aromatic rings. The summed E-state index contributed by atoms with van der Waals surface area (Å²) in [6, 6.07) is 8.36. The fourth-order valence-corrected chi connectivity index (χ4v) is 4.26. The number of hydrogen-bond donors (Lipinski definition) is 4. The molecule has 0 saturated carbocycles. The van der Waals surface area contributed by atoms with Crippen molar-refractivity contribution < 1.29 is 31.6 Å². The third kappa shape index (κ3) is 4.12. The Morgan fingerprint density at radius 3 is 2.33 bits per heavy atom. The second-order valence-electron chi connectivity index (χ2n) is 6.78. The first-order valence-electron chi connectivity index (χ1n) is 8.67. The van der Waals surface area contributed by atoms with Crippen LogP contribution < -0.4 is 15.5 Å².